The van der Waals surface area contributed by atoms with Crippen molar-refractivity contribution in [2.24, 2.45) is 10.7 Å². The van der Waals surface area contributed by atoms with E-state index in [4.69, 9.17) is 5.73 Å². The van der Waals surface area contributed by atoms with Crippen molar-refractivity contribution in [1.29, 1.82) is 0 Å². The second-order valence-electron chi connectivity index (χ2n) is 4.72. The SMILES string of the molecule is CCC(N)=Nc1ccccc1C(C)(C)C. The summed E-state index contributed by atoms with van der Waals surface area (Å²) in [5.41, 5.74) is 8.10. The highest BCUT2D eigenvalue weighted by Crippen LogP contribution is 2.31. The van der Waals surface area contributed by atoms with Crippen molar-refractivity contribution in [1.82, 2.24) is 0 Å². The Morgan fingerprint density at radius 1 is 1.27 bits per heavy atom. The second-order valence-corrected chi connectivity index (χ2v) is 4.72. The number of hydrogen-bond acceptors (Lipinski definition) is 1. The summed E-state index contributed by atoms with van der Waals surface area (Å²) in [5.74, 6) is 0.687. The van der Waals surface area contributed by atoms with Gasteiger partial charge in [-0.1, -0.05) is 45.9 Å². The first kappa shape index (κ1) is 11.8. The molecule has 0 heterocycles. The van der Waals surface area contributed by atoms with Gasteiger partial charge in [-0.15, -0.1) is 0 Å². The number of nitrogens with two attached hydrogens (primary N) is 1. The summed E-state index contributed by atoms with van der Waals surface area (Å²) in [7, 11) is 0. The Labute approximate surface area is 92.2 Å². The number of aliphatic imine (C=N–C) groups is 1. The van der Waals surface area contributed by atoms with Gasteiger partial charge in [-0.3, -0.25) is 0 Å². The van der Waals surface area contributed by atoms with Gasteiger partial charge in [-0.25, -0.2) is 4.99 Å². The molecule has 2 nitrogen and oxygen atoms in total. The molecule has 82 valence electrons. The summed E-state index contributed by atoms with van der Waals surface area (Å²) in [5, 5.41) is 0. The predicted molar refractivity (Wildman–Crippen MR) is 66.7 cm³/mol. The maximum absolute atomic E-state index is 5.77. The van der Waals surface area contributed by atoms with Crippen molar-refractivity contribution in [2.75, 3.05) is 0 Å². The van der Waals surface area contributed by atoms with Crippen LogP contribution in [0.3, 0.4) is 0 Å². The van der Waals surface area contributed by atoms with E-state index in [0.717, 1.165) is 12.1 Å². The maximum atomic E-state index is 5.77. The Kier molecular flexibility index (Phi) is 3.51. The summed E-state index contributed by atoms with van der Waals surface area (Å²) in [6.45, 7) is 8.56. The summed E-state index contributed by atoms with van der Waals surface area (Å²) < 4.78 is 0. The van der Waals surface area contributed by atoms with Gasteiger partial charge in [0.2, 0.25) is 0 Å². The van der Waals surface area contributed by atoms with E-state index in [2.05, 4.69) is 31.8 Å². The van der Waals surface area contributed by atoms with Crippen molar-refractivity contribution in [2.45, 2.75) is 39.5 Å². The van der Waals surface area contributed by atoms with E-state index in [9.17, 15) is 0 Å². The highest BCUT2D eigenvalue weighted by molar-refractivity contribution is 5.83. The van der Waals surface area contributed by atoms with Crippen LogP contribution in [0.1, 0.15) is 39.7 Å². The summed E-state index contributed by atoms with van der Waals surface area (Å²) in [6.07, 6.45) is 0.790. The Hall–Kier alpha value is -1.31. The second kappa shape index (κ2) is 4.47. The molecule has 0 aromatic heterocycles. The largest absolute Gasteiger partial charge is 0.387 e. The van der Waals surface area contributed by atoms with Gasteiger partial charge in [0.05, 0.1) is 11.5 Å². The van der Waals surface area contributed by atoms with Crippen LogP contribution in [0.25, 0.3) is 0 Å². The van der Waals surface area contributed by atoms with Crippen LogP contribution in [0.2, 0.25) is 0 Å². The minimum atomic E-state index is 0.105. The monoisotopic (exact) mass is 204 g/mol. The Morgan fingerprint density at radius 2 is 1.87 bits per heavy atom. The Morgan fingerprint density at radius 3 is 2.40 bits per heavy atom. The van der Waals surface area contributed by atoms with Gasteiger partial charge in [0.25, 0.3) is 0 Å². The van der Waals surface area contributed by atoms with Crippen molar-refractivity contribution in [3.63, 3.8) is 0 Å². The van der Waals surface area contributed by atoms with Crippen LogP contribution in [-0.4, -0.2) is 5.84 Å². The first-order valence-electron chi connectivity index (χ1n) is 5.37. The quantitative estimate of drug-likeness (QED) is 0.582. The molecule has 1 aromatic rings. The summed E-state index contributed by atoms with van der Waals surface area (Å²) >= 11 is 0. The predicted octanol–water partition coefficient (Wildman–Crippen LogP) is 3.38. The molecule has 0 spiro atoms. The molecule has 1 rings (SSSR count). The minimum absolute atomic E-state index is 0.105. The molecule has 15 heavy (non-hydrogen) atoms. The molecule has 0 aliphatic carbocycles. The van der Waals surface area contributed by atoms with Crippen LogP contribution < -0.4 is 5.73 Å². The fourth-order valence-electron chi connectivity index (χ4n) is 1.44. The van der Waals surface area contributed by atoms with Crippen LogP contribution in [0.15, 0.2) is 29.3 Å². The molecule has 0 aliphatic heterocycles. The van der Waals surface area contributed by atoms with Gasteiger partial charge in [0.15, 0.2) is 0 Å². The molecule has 0 amide bonds. The van der Waals surface area contributed by atoms with E-state index < -0.39 is 0 Å². The summed E-state index contributed by atoms with van der Waals surface area (Å²) in [6, 6.07) is 8.17. The first-order valence-corrected chi connectivity index (χ1v) is 5.37. The number of rotatable bonds is 2. The highest BCUT2D eigenvalue weighted by atomic mass is 14.9. The average molecular weight is 204 g/mol. The third kappa shape index (κ3) is 3.08. The minimum Gasteiger partial charge on any atom is -0.387 e. The van der Waals surface area contributed by atoms with E-state index in [0.29, 0.717) is 5.84 Å². The topological polar surface area (TPSA) is 38.4 Å². The van der Waals surface area contributed by atoms with Crippen molar-refractivity contribution < 1.29 is 0 Å². The van der Waals surface area contributed by atoms with Crippen molar-refractivity contribution in [3.05, 3.63) is 29.8 Å². The maximum Gasteiger partial charge on any atom is 0.0993 e. The van der Waals surface area contributed by atoms with Crippen LogP contribution in [0, 0.1) is 0 Å². The molecule has 2 N–H and O–H groups in total. The van der Waals surface area contributed by atoms with E-state index in [1.54, 1.807) is 0 Å². The van der Waals surface area contributed by atoms with Crippen LogP contribution in [0.4, 0.5) is 5.69 Å². The lowest BCUT2D eigenvalue weighted by Gasteiger charge is -2.21. The van der Waals surface area contributed by atoms with Gasteiger partial charge in [0, 0.05) is 6.42 Å². The molecule has 2 heteroatoms. The Bertz CT molecular complexity index is 359. The van der Waals surface area contributed by atoms with Crippen molar-refractivity contribution >= 4 is 11.5 Å². The van der Waals surface area contributed by atoms with Crippen molar-refractivity contribution in [3.8, 4) is 0 Å². The molecule has 0 unspecified atom stereocenters. The number of para-hydroxylation sites is 1. The zero-order valence-electron chi connectivity index (χ0n) is 10.0. The number of benzene rings is 1. The fourth-order valence-corrected chi connectivity index (χ4v) is 1.44. The van der Waals surface area contributed by atoms with E-state index in [-0.39, 0.29) is 5.41 Å². The zero-order chi connectivity index (χ0) is 11.5. The number of amidine groups is 1. The molecule has 0 saturated carbocycles. The molecule has 1 aromatic carbocycles. The van der Waals surface area contributed by atoms with Gasteiger partial charge < -0.3 is 5.73 Å². The first-order chi connectivity index (χ1) is 6.95. The van der Waals surface area contributed by atoms with E-state index in [1.807, 2.05) is 25.1 Å². The van der Waals surface area contributed by atoms with Gasteiger partial charge in [0.1, 0.15) is 0 Å². The normalized spacial score (nSPS) is 12.9. The molecular formula is C13H20N2. The standard InChI is InChI=1S/C13H20N2/c1-5-12(14)15-11-9-7-6-8-10(11)13(2,3)4/h6-9H,5H2,1-4H3,(H2,14,15). The zero-order valence-corrected chi connectivity index (χ0v) is 10.0. The van der Waals surface area contributed by atoms with Gasteiger partial charge in [-0.2, -0.15) is 0 Å². The molecule has 0 atom stereocenters. The third-order valence-corrected chi connectivity index (χ3v) is 2.34. The van der Waals surface area contributed by atoms with E-state index in [1.165, 1.54) is 5.56 Å². The molecule has 0 saturated heterocycles. The lowest BCUT2D eigenvalue weighted by atomic mass is 9.86. The van der Waals surface area contributed by atoms with Crippen LogP contribution >= 0.6 is 0 Å². The molecule has 0 radical (unpaired) electrons. The molecular weight excluding hydrogens is 184 g/mol. The summed E-state index contributed by atoms with van der Waals surface area (Å²) in [4.78, 5) is 4.44. The van der Waals surface area contributed by atoms with E-state index >= 15 is 0 Å². The fraction of sp³-hybridized carbons (Fsp3) is 0.462. The van der Waals surface area contributed by atoms with Gasteiger partial charge in [-0.05, 0) is 17.0 Å². The molecule has 0 bridgehead atoms. The third-order valence-electron chi connectivity index (χ3n) is 2.34. The number of hydrogen-bond donors (Lipinski definition) is 1. The molecule has 0 aliphatic rings. The highest BCUT2D eigenvalue weighted by Gasteiger charge is 2.16. The van der Waals surface area contributed by atoms with Crippen LogP contribution in [0.5, 0.6) is 0 Å². The lowest BCUT2D eigenvalue weighted by molar-refractivity contribution is 0.591. The van der Waals surface area contributed by atoms with Gasteiger partial charge >= 0.3 is 0 Å². The van der Waals surface area contributed by atoms with Crippen LogP contribution in [-0.2, 0) is 5.41 Å². The smallest absolute Gasteiger partial charge is 0.0993 e. The molecule has 0 fully saturated rings. The average Bonchev–Trinajstić information content (AvgIpc) is 2.17. The Balaban J connectivity index is 3.19. The number of nitrogens with zero attached hydrogens (tertiary/aromatic N) is 1. The lowest BCUT2D eigenvalue weighted by Crippen LogP contribution is -2.13.